The standard InChI is InChI=1S/C55H71N3O13S/c1-9-11-13-15-17-19-40(60)70-39-25-33-21-22-56-55(35(33)26-38(39)64-7)28-72-52-44-43(50-49(67-29-68-50)31(4)48(44)69-32(5)59)37(27-66-54(55)63)58-46(52)45-42-34(24-36(53(58)62)57(45)6)23-30(3)47(65-8)51(42)71-41(61)20-18-16-14-12-10-2/h23,25-26,36-37,45-46,52-53,56,62H,9-22,24,27-29H2,1-8H3/t36-,37-,45+,46?,52+,53-,55+/m0/s1. The first-order valence-electron chi connectivity index (χ1n) is 26.0. The monoisotopic (exact) mass is 1010 g/mol. The van der Waals surface area contributed by atoms with Crippen molar-refractivity contribution in [2.45, 2.75) is 166 Å². The van der Waals surface area contributed by atoms with Gasteiger partial charge >= 0.3 is 23.9 Å². The van der Waals surface area contributed by atoms with Crippen LogP contribution in [0.15, 0.2) is 18.2 Å². The van der Waals surface area contributed by atoms with Crippen molar-refractivity contribution < 1.29 is 62.2 Å². The van der Waals surface area contributed by atoms with E-state index in [-0.39, 0.29) is 49.7 Å². The van der Waals surface area contributed by atoms with Gasteiger partial charge in [0.1, 0.15) is 18.6 Å². The van der Waals surface area contributed by atoms with Gasteiger partial charge in [0.05, 0.1) is 37.6 Å². The van der Waals surface area contributed by atoms with Crippen LogP contribution in [0.25, 0.3) is 0 Å². The molecule has 1 spiro atoms. The van der Waals surface area contributed by atoms with E-state index in [1.807, 2.05) is 31.9 Å². The molecule has 0 aromatic heterocycles. The maximum Gasteiger partial charge on any atom is 0.331 e. The number of piperazine rings is 1. The summed E-state index contributed by atoms with van der Waals surface area (Å²) in [6.07, 6.45) is 10.2. The van der Waals surface area contributed by atoms with Crippen molar-refractivity contribution in [1.82, 2.24) is 15.1 Å². The molecular weight excluding hydrogens is 943 g/mol. The molecule has 10 rings (SSSR count). The van der Waals surface area contributed by atoms with Crippen LogP contribution in [0.3, 0.4) is 0 Å². The summed E-state index contributed by atoms with van der Waals surface area (Å²) in [6, 6.07) is 3.20. The van der Waals surface area contributed by atoms with Crippen molar-refractivity contribution >= 4 is 35.6 Å². The number of likely N-dealkylation sites (N-methyl/N-ethyl adjacent to an activating group) is 1. The van der Waals surface area contributed by atoms with E-state index >= 15 is 4.79 Å². The molecule has 0 radical (unpaired) electrons. The first-order valence-corrected chi connectivity index (χ1v) is 27.0. The number of nitrogens with one attached hydrogen (secondary N) is 1. The lowest BCUT2D eigenvalue weighted by atomic mass is 9.73. The third-order valence-electron chi connectivity index (χ3n) is 15.6. The summed E-state index contributed by atoms with van der Waals surface area (Å²) >= 11 is 1.48. The Bertz CT molecular complexity index is 2590. The third kappa shape index (κ3) is 9.30. The molecule has 7 heterocycles. The van der Waals surface area contributed by atoms with Crippen LogP contribution in [0.5, 0.6) is 40.2 Å². The van der Waals surface area contributed by atoms with E-state index in [1.54, 1.807) is 13.2 Å². The molecule has 17 heteroatoms. The largest absolute Gasteiger partial charge is 0.493 e. The van der Waals surface area contributed by atoms with Crippen molar-refractivity contribution in [1.29, 1.82) is 0 Å². The average molecular weight is 1010 g/mol. The molecule has 0 amide bonds. The summed E-state index contributed by atoms with van der Waals surface area (Å²) in [7, 11) is 5.08. The number of hydrogen-bond donors (Lipinski definition) is 2. The lowest BCUT2D eigenvalue weighted by Gasteiger charge is -2.62. The smallest absolute Gasteiger partial charge is 0.331 e. The van der Waals surface area contributed by atoms with Gasteiger partial charge in [0, 0.05) is 60.4 Å². The number of nitrogens with zero attached hydrogens (tertiary/aromatic N) is 2. The second kappa shape index (κ2) is 21.8. The highest BCUT2D eigenvalue weighted by molar-refractivity contribution is 7.99. The van der Waals surface area contributed by atoms with Crippen molar-refractivity contribution in [3.05, 3.63) is 62.7 Å². The van der Waals surface area contributed by atoms with Gasteiger partial charge in [-0.1, -0.05) is 71.3 Å². The Morgan fingerprint density at radius 2 is 1.50 bits per heavy atom. The van der Waals surface area contributed by atoms with Crippen LogP contribution in [0.1, 0.15) is 160 Å². The van der Waals surface area contributed by atoms with Crippen LogP contribution in [0.4, 0.5) is 0 Å². The zero-order valence-corrected chi connectivity index (χ0v) is 43.9. The van der Waals surface area contributed by atoms with Crippen LogP contribution in [-0.2, 0) is 42.3 Å². The molecule has 2 N–H and O–H groups in total. The maximum absolute atomic E-state index is 15.2. The van der Waals surface area contributed by atoms with E-state index in [4.69, 9.17) is 37.9 Å². The topological polar surface area (TPSA) is 181 Å². The Kier molecular flexibility index (Phi) is 15.7. The molecule has 4 bridgehead atoms. The fourth-order valence-electron chi connectivity index (χ4n) is 12.2. The van der Waals surface area contributed by atoms with Crippen molar-refractivity contribution in [2.75, 3.05) is 47.0 Å². The van der Waals surface area contributed by atoms with Crippen molar-refractivity contribution in [2.24, 2.45) is 0 Å². The van der Waals surface area contributed by atoms with Gasteiger partial charge in [-0.15, -0.1) is 11.8 Å². The molecule has 7 atom stereocenters. The molecule has 3 aromatic rings. The second-order valence-corrected chi connectivity index (χ2v) is 21.3. The Morgan fingerprint density at radius 1 is 0.806 bits per heavy atom. The first kappa shape index (κ1) is 51.8. The summed E-state index contributed by atoms with van der Waals surface area (Å²) in [6.45, 7) is 9.54. The van der Waals surface area contributed by atoms with Crippen LogP contribution < -0.4 is 38.5 Å². The first-order chi connectivity index (χ1) is 34.8. The molecule has 1 unspecified atom stereocenters. The molecule has 0 saturated carbocycles. The number of aliphatic hydroxyl groups is 1. The average Bonchev–Trinajstić information content (AvgIpc) is 3.85. The van der Waals surface area contributed by atoms with E-state index in [0.717, 1.165) is 80.0 Å². The minimum absolute atomic E-state index is 0.0851. The summed E-state index contributed by atoms with van der Waals surface area (Å²) in [5.74, 6) is 0.908. The lowest BCUT2D eigenvalue weighted by Crippen LogP contribution is -2.70. The molecule has 0 aliphatic carbocycles. The minimum Gasteiger partial charge on any atom is -0.493 e. The summed E-state index contributed by atoms with van der Waals surface area (Å²) in [5, 5.41) is 15.9. The van der Waals surface area contributed by atoms with Gasteiger partial charge in [-0.3, -0.25) is 29.5 Å². The molecule has 390 valence electrons. The fraction of sp³-hybridized carbons (Fsp3) is 0.600. The van der Waals surface area contributed by atoms with Crippen LogP contribution in [-0.4, -0.2) is 104 Å². The number of aliphatic hydroxyl groups excluding tert-OH is 1. The molecule has 2 fully saturated rings. The Balaban J connectivity index is 1.19. The van der Waals surface area contributed by atoms with E-state index < -0.39 is 53.1 Å². The Morgan fingerprint density at radius 3 is 2.18 bits per heavy atom. The van der Waals surface area contributed by atoms with Gasteiger partial charge in [0.2, 0.25) is 6.79 Å². The van der Waals surface area contributed by atoms with E-state index in [9.17, 15) is 19.5 Å². The van der Waals surface area contributed by atoms with E-state index in [2.05, 4.69) is 30.1 Å². The lowest BCUT2D eigenvalue weighted by molar-refractivity contribution is -0.186. The van der Waals surface area contributed by atoms with E-state index in [0.29, 0.717) is 82.6 Å². The number of ether oxygens (including phenoxy) is 8. The number of carbonyl (C=O) groups excluding carboxylic acids is 4. The summed E-state index contributed by atoms with van der Waals surface area (Å²) < 4.78 is 49.8. The SMILES string of the molecule is CCCCCCCC(=O)Oc1cc2c(cc1OC)[C@@]1(CS[C@@H]3c4c(OC(C)=O)c(C)c5c(c4[C@H](COC1=O)N1C3[C@H]3c4c(cc(C)c(OC)c4OC(=O)CCCCCCC)C[C@@H]([C@@H]1O)N3C)OCO5)NCC2. The quantitative estimate of drug-likeness (QED) is 0.0745. The number of fused-ring (bicyclic) bond motifs is 9. The number of aryl methyl sites for hydroxylation is 1. The second-order valence-electron chi connectivity index (χ2n) is 20.2. The van der Waals surface area contributed by atoms with Gasteiger partial charge in [-0.05, 0) is 81.0 Å². The fourth-order valence-corrected chi connectivity index (χ4v) is 13.9. The zero-order chi connectivity index (χ0) is 51.0. The van der Waals surface area contributed by atoms with Gasteiger partial charge < -0.3 is 43.0 Å². The van der Waals surface area contributed by atoms with Crippen LogP contribution >= 0.6 is 11.8 Å². The Labute approximate surface area is 427 Å². The molecule has 7 aliphatic rings. The van der Waals surface area contributed by atoms with Gasteiger partial charge in [-0.2, -0.15) is 0 Å². The molecule has 3 aromatic carbocycles. The van der Waals surface area contributed by atoms with Crippen LogP contribution in [0.2, 0.25) is 0 Å². The van der Waals surface area contributed by atoms with Gasteiger partial charge in [-0.25, -0.2) is 4.79 Å². The molecule has 72 heavy (non-hydrogen) atoms. The zero-order valence-electron chi connectivity index (χ0n) is 43.1. The van der Waals surface area contributed by atoms with Crippen molar-refractivity contribution in [3.63, 3.8) is 0 Å². The number of benzene rings is 3. The summed E-state index contributed by atoms with van der Waals surface area (Å²) in [4.78, 5) is 59.9. The predicted molar refractivity (Wildman–Crippen MR) is 269 cm³/mol. The van der Waals surface area contributed by atoms with Gasteiger partial charge in [0.25, 0.3) is 0 Å². The highest BCUT2D eigenvalue weighted by Gasteiger charge is 2.61. The highest BCUT2D eigenvalue weighted by Crippen LogP contribution is 2.64. The van der Waals surface area contributed by atoms with Crippen LogP contribution in [0, 0.1) is 13.8 Å². The van der Waals surface area contributed by atoms with Crippen molar-refractivity contribution in [3.8, 4) is 40.2 Å². The number of carbonyl (C=O) groups is 4. The minimum atomic E-state index is -1.44. The molecule has 7 aliphatic heterocycles. The number of rotatable bonds is 17. The van der Waals surface area contributed by atoms with Gasteiger partial charge in [0.15, 0.2) is 40.0 Å². The predicted octanol–water partition coefficient (Wildman–Crippen LogP) is 8.53. The third-order valence-corrected chi connectivity index (χ3v) is 17.1. The molecule has 2 saturated heterocycles. The molecule has 16 nitrogen and oxygen atoms in total. The van der Waals surface area contributed by atoms with E-state index in [1.165, 1.54) is 25.8 Å². The highest BCUT2D eigenvalue weighted by atomic mass is 32.2. The maximum atomic E-state index is 15.2. The number of methoxy groups -OCH3 is 2. The summed E-state index contributed by atoms with van der Waals surface area (Å²) in [5.41, 5.74) is 4.34. The Hall–Kier alpha value is -5.07. The normalized spacial score (nSPS) is 24.9. The number of hydrogen-bond acceptors (Lipinski definition) is 17. The number of esters is 4. The molecular formula is C55H71N3O13S. The number of unbranched alkanes of at least 4 members (excludes halogenated alkanes) is 8. The number of thioether (sulfide) groups is 1.